The summed E-state index contributed by atoms with van der Waals surface area (Å²) in [5, 5.41) is 4.10. The topological polar surface area (TPSA) is 30.5 Å². The second-order valence-electron chi connectivity index (χ2n) is 5.80. The monoisotopic (exact) mass is 509 g/mol. The molecule has 0 aliphatic heterocycles. The molecule has 3 aromatic carbocycles. The Morgan fingerprint density at radius 3 is 2.41 bits per heavy atom. The molecule has 0 bridgehead atoms. The number of ether oxygens (including phenoxy) is 2. The van der Waals surface area contributed by atoms with Crippen LogP contribution in [-0.2, 0) is 13.2 Å². The Hall–Kier alpha value is -1.69. The normalized spacial score (nSPS) is 10.5. The zero-order valence-electron chi connectivity index (χ0n) is 14.6. The van der Waals surface area contributed by atoms with E-state index in [-0.39, 0.29) is 0 Å². The lowest BCUT2D eigenvalue weighted by molar-refractivity contribution is 0.281. The van der Waals surface area contributed by atoms with E-state index in [1.165, 1.54) is 0 Å². The summed E-state index contributed by atoms with van der Waals surface area (Å²) in [6.07, 6.45) is 0. The van der Waals surface area contributed by atoms with Crippen LogP contribution >= 0.6 is 43.5 Å². The molecule has 140 valence electrons. The minimum Gasteiger partial charge on any atom is -0.493 e. The first-order valence-corrected chi connectivity index (χ1v) is 10.3. The lowest BCUT2D eigenvalue weighted by Gasteiger charge is -2.18. The maximum atomic E-state index is 6.25. The predicted molar refractivity (Wildman–Crippen MR) is 118 cm³/mol. The molecule has 0 atom stereocenters. The standard InChI is InChI=1S/C21H18Br2ClNO2/c1-26-20-11-10-18(23)17(12-25-16-8-6-15(22)7-9-16)21(20)27-13-14-4-2-3-5-19(14)24/h2-11,25H,12-13H2,1H3. The van der Waals surface area contributed by atoms with Crippen molar-refractivity contribution in [2.45, 2.75) is 13.2 Å². The maximum absolute atomic E-state index is 6.25. The van der Waals surface area contributed by atoms with Crippen LogP contribution in [-0.4, -0.2) is 7.11 Å². The summed E-state index contributed by atoms with van der Waals surface area (Å²) in [5.74, 6) is 1.37. The molecule has 0 spiro atoms. The summed E-state index contributed by atoms with van der Waals surface area (Å²) in [7, 11) is 1.64. The van der Waals surface area contributed by atoms with Gasteiger partial charge in [0.15, 0.2) is 11.5 Å². The molecule has 0 heterocycles. The Morgan fingerprint density at radius 1 is 0.963 bits per heavy atom. The van der Waals surface area contributed by atoms with E-state index in [9.17, 15) is 0 Å². The largest absolute Gasteiger partial charge is 0.493 e. The molecule has 0 aromatic heterocycles. The summed E-state index contributed by atoms with van der Waals surface area (Å²) in [5.41, 5.74) is 2.92. The fraction of sp³-hybridized carbons (Fsp3) is 0.143. The van der Waals surface area contributed by atoms with Crippen molar-refractivity contribution >= 4 is 49.1 Å². The van der Waals surface area contributed by atoms with Crippen LogP contribution in [0.2, 0.25) is 5.02 Å². The predicted octanol–water partition coefficient (Wildman–Crippen LogP) is 7.06. The minimum atomic E-state index is 0.359. The average Bonchev–Trinajstić information content (AvgIpc) is 2.68. The molecular formula is C21H18Br2ClNO2. The van der Waals surface area contributed by atoms with Gasteiger partial charge >= 0.3 is 0 Å². The van der Waals surface area contributed by atoms with Gasteiger partial charge in [0.1, 0.15) is 6.61 Å². The fourth-order valence-corrected chi connectivity index (χ4v) is 3.50. The maximum Gasteiger partial charge on any atom is 0.167 e. The molecule has 0 saturated heterocycles. The number of anilines is 1. The smallest absolute Gasteiger partial charge is 0.167 e. The molecule has 0 aliphatic carbocycles. The fourth-order valence-electron chi connectivity index (χ4n) is 2.59. The third-order valence-electron chi connectivity index (χ3n) is 4.03. The number of nitrogens with one attached hydrogen (secondary N) is 1. The molecule has 3 aromatic rings. The van der Waals surface area contributed by atoms with E-state index in [2.05, 4.69) is 37.2 Å². The van der Waals surface area contributed by atoms with Crippen molar-refractivity contribution in [3.63, 3.8) is 0 Å². The summed E-state index contributed by atoms with van der Waals surface area (Å²) in [4.78, 5) is 0. The van der Waals surface area contributed by atoms with Crippen molar-refractivity contribution in [3.05, 3.63) is 85.8 Å². The lowest BCUT2D eigenvalue weighted by atomic mass is 10.1. The second kappa shape index (κ2) is 9.49. The Labute approximate surface area is 180 Å². The molecule has 27 heavy (non-hydrogen) atoms. The highest BCUT2D eigenvalue weighted by atomic mass is 79.9. The molecule has 3 rings (SSSR count). The SMILES string of the molecule is COc1ccc(Br)c(CNc2ccc(Br)cc2)c1OCc1ccccc1Cl. The van der Waals surface area contributed by atoms with Gasteiger partial charge in [-0.15, -0.1) is 0 Å². The van der Waals surface area contributed by atoms with E-state index in [0.717, 1.165) is 25.8 Å². The van der Waals surface area contributed by atoms with Crippen LogP contribution in [0, 0.1) is 0 Å². The van der Waals surface area contributed by atoms with Gasteiger partial charge in [-0.25, -0.2) is 0 Å². The number of hydrogen-bond acceptors (Lipinski definition) is 3. The van der Waals surface area contributed by atoms with Crippen LogP contribution in [0.5, 0.6) is 11.5 Å². The first-order chi connectivity index (χ1) is 13.1. The van der Waals surface area contributed by atoms with E-state index in [1.807, 2.05) is 60.7 Å². The first-order valence-electron chi connectivity index (χ1n) is 8.29. The van der Waals surface area contributed by atoms with Crippen LogP contribution in [0.25, 0.3) is 0 Å². The Balaban J connectivity index is 1.83. The van der Waals surface area contributed by atoms with Gasteiger partial charge in [-0.05, 0) is 42.5 Å². The van der Waals surface area contributed by atoms with Gasteiger partial charge in [-0.2, -0.15) is 0 Å². The van der Waals surface area contributed by atoms with Crippen molar-refractivity contribution in [2.24, 2.45) is 0 Å². The Kier molecular flexibility index (Phi) is 7.05. The van der Waals surface area contributed by atoms with E-state index in [1.54, 1.807) is 7.11 Å². The highest BCUT2D eigenvalue weighted by Crippen LogP contribution is 2.37. The zero-order chi connectivity index (χ0) is 19.2. The van der Waals surface area contributed by atoms with Gasteiger partial charge < -0.3 is 14.8 Å². The first kappa shape index (κ1) is 20.1. The summed E-state index contributed by atoms with van der Waals surface area (Å²) >= 11 is 13.3. The molecule has 6 heteroatoms. The Morgan fingerprint density at radius 2 is 1.70 bits per heavy atom. The van der Waals surface area contributed by atoms with Gasteiger partial charge in [0, 0.05) is 37.3 Å². The van der Waals surface area contributed by atoms with Gasteiger partial charge in [-0.1, -0.05) is 61.7 Å². The molecule has 0 radical (unpaired) electrons. The van der Waals surface area contributed by atoms with Crippen molar-refractivity contribution in [1.82, 2.24) is 0 Å². The third kappa shape index (κ3) is 5.18. The zero-order valence-corrected chi connectivity index (χ0v) is 18.6. The van der Waals surface area contributed by atoms with Crippen LogP contribution in [0.3, 0.4) is 0 Å². The second-order valence-corrected chi connectivity index (χ2v) is 7.98. The highest BCUT2D eigenvalue weighted by molar-refractivity contribution is 9.10. The molecule has 3 nitrogen and oxygen atoms in total. The molecular weight excluding hydrogens is 493 g/mol. The summed E-state index contributed by atoms with van der Waals surface area (Å²) in [6, 6.07) is 19.5. The van der Waals surface area contributed by atoms with E-state index < -0.39 is 0 Å². The van der Waals surface area contributed by atoms with Gasteiger partial charge in [0.25, 0.3) is 0 Å². The molecule has 0 fully saturated rings. The highest BCUT2D eigenvalue weighted by Gasteiger charge is 2.15. The van der Waals surface area contributed by atoms with E-state index >= 15 is 0 Å². The van der Waals surface area contributed by atoms with Gasteiger partial charge in [-0.3, -0.25) is 0 Å². The quantitative estimate of drug-likeness (QED) is 0.368. The van der Waals surface area contributed by atoms with Crippen molar-refractivity contribution in [3.8, 4) is 11.5 Å². The van der Waals surface area contributed by atoms with Crippen LogP contribution in [0.1, 0.15) is 11.1 Å². The molecule has 0 saturated carbocycles. The van der Waals surface area contributed by atoms with Crippen molar-refractivity contribution in [1.29, 1.82) is 0 Å². The van der Waals surface area contributed by atoms with E-state index in [0.29, 0.717) is 29.7 Å². The Bertz CT molecular complexity index is 917. The number of benzene rings is 3. The van der Waals surface area contributed by atoms with E-state index in [4.69, 9.17) is 21.1 Å². The molecule has 1 N–H and O–H groups in total. The minimum absolute atomic E-state index is 0.359. The van der Waals surface area contributed by atoms with Crippen molar-refractivity contribution < 1.29 is 9.47 Å². The summed E-state index contributed by atoms with van der Waals surface area (Å²) < 4.78 is 13.6. The van der Waals surface area contributed by atoms with Gasteiger partial charge in [0.2, 0.25) is 0 Å². The van der Waals surface area contributed by atoms with Crippen LogP contribution in [0.15, 0.2) is 69.6 Å². The van der Waals surface area contributed by atoms with Gasteiger partial charge in [0.05, 0.1) is 7.11 Å². The average molecular weight is 512 g/mol. The van der Waals surface area contributed by atoms with Crippen molar-refractivity contribution in [2.75, 3.05) is 12.4 Å². The van der Waals surface area contributed by atoms with Crippen LogP contribution in [0.4, 0.5) is 5.69 Å². The molecule has 0 amide bonds. The number of rotatable bonds is 7. The molecule has 0 unspecified atom stereocenters. The summed E-state index contributed by atoms with van der Waals surface area (Å²) in [6.45, 7) is 0.940. The number of methoxy groups -OCH3 is 1. The number of halogens is 3. The number of hydrogen-bond donors (Lipinski definition) is 1. The van der Waals surface area contributed by atoms with Crippen LogP contribution < -0.4 is 14.8 Å². The lowest BCUT2D eigenvalue weighted by Crippen LogP contribution is -2.06. The molecule has 0 aliphatic rings. The third-order valence-corrected chi connectivity index (χ3v) is 5.67.